The Balaban J connectivity index is 1.86. The average molecular weight is 328 g/mol. The van der Waals surface area contributed by atoms with Crippen molar-refractivity contribution in [3.63, 3.8) is 0 Å². The average Bonchev–Trinajstić information content (AvgIpc) is 3.13. The third-order valence-electron chi connectivity index (χ3n) is 4.20. The highest BCUT2D eigenvalue weighted by atomic mass is 19.1. The van der Waals surface area contributed by atoms with Crippen LogP contribution in [0.25, 0.3) is 10.9 Å². The standard InChI is InChI=1S/C18H21FN4O/c1-3-23(4-2)15(16-9-6-10-24-16)11-20-18-13-7-5-8-14(19)17(13)21-12-22-18/h5-10,12,15H,3-4,11H2,1-2H3,(H,20,21,22). The first-order valence-corrected chi connectivity index (χ1v) is 8.15. The second kappa shape index (κ2) is 7.40. The van der Waals surface area contributed by atoms with Gasteiger partial charge >= 0.3 is 0 Å². The fraction of sp³-hybridized carbons (Fsp3) is 0.333. The maximum Gasteiger partial charge on any atom is 0.149 e. The fourth-order valence-electron chi connectivity index (χ4n) is 2.94. The van der Waals surface area contributed by atoms with Gasteiger partial charge in [0, 0.05) is 11.9 Å². The Morgan fingerprint density at radius 2 is 2.00 bits per heavy atom. The van der Waals surface area contributed by atoms with Crippen LogP contribution in [0.5, 0.6) is 0 Å². The van der Waals surface area contributed by atoms with Crippen LogP contribution in [0.2, 0.25) is 0 Å². The Kier molecular flexibility index (Phi) is 5.05. The van der Waals surface area contributed by atoms with Crippen LogP contribution in [0.4, 0.5) is 10.2 Å². The number of likely N-dealkylation sites (N-methyl/N-ethyl adjacent to an activating group) is 1. The van der Waals surface area contributed by atoms with E-state index in [1.54, 1.807) is 12.3 Å². The molecule has 0 spiro atoms. The normalized spacial score (nSPS) is 12.7. The molecular formula is C18H21FN4O. The van der Waals surface area contributed by atoms with Crippen molar-refractivity contribution in [1.82, 2.24) is 14.9 Å². The van der Waals surface area contributed by atoms with Crippen molar-refractivity contribution in [2.75, 3.05) is 25.0 Å². The predicted molar refractivity (Wildman–Crippen MR) is 92.4 cm³/mol. The van der Waals surface area contributed by atoms with Crippen molar-refractivity contribution in [2.45, 2.75) is 19.9 Å². The lowest BCUT2D eigenvalue weighted by Gasteiger charge is -2.28. The molecule has 3 aromatic rings. The lowest BCUT2D eigenvalue weighted by Crippen LogP contribution is -2.33. The topological polar surface area (TPSA) is 54.2 Å². The van der Waals surface area contributed by atoms with Gasteiger partial charge in [0.1, 0.15) is 29.2 Å². The van der Waals surface area contributed by atoms with E-state index < -0.39 is 0 Å². The van der Waals surface area contributed by atoms with E-state index in [0.29, 0.717) is 23.3 Å². The Labute approximate surface area is 140 Å². The molecule has 2 heterocycles. The van der Waals surface area contributed by atoms with E-state index >= 15 is 0 Å². The van der Waals surface area contributed by atoms with E-state index in [2.05, 4.69) is 34.0 Å². The van der Waals surface area contributed by atoms with E-state index in [9.17, 15) is 4.39 Å². The third kappa shape index (κ3) is 3.23. The minimum Gasteiger partial charge on any atom is -0.468 e. The third-order valence-corrected chi connectivity index (χ3v) is 4.20. The predicted octanol–water partition coefficient (Wildman–Crippen LogP) is 3.86. The molecule has 1 aromatic carbocycles. The van der Waals surface area contributed by atoms with Crippen LogP contribution in [0.1, 0.15) is 25.6 Å². The molecule has 24 heavy (non-hydrogen) atoms. The number of aromatic nitrogens is 2. The molecule has 0 amide bonds. The maximum absolute atomic E-state index is 13.9. The maximum atomic E-state index is 13.9. The van der Waals surface area contributed by atoms with Crippen LogP contribution in [0, 0.1) is 5.82 Å². The van der Waals surface area contributed by atoms with E-state index in [1.807, 2.05) is 18.2 Å². The zero-order chi connectivity index (χ0) is 16.9. The summed E-state index contributed by atoms with van der Waals surface area (Å²) in [6.45, 7) is 6.66. The summed E-state index contributed by atoms with van der Waals surface area (Å²) < 4.78 is 19.5. The van der Waals surface area contributed by atoms with Gasteiger partial charge in [-0.2, -0.15) is 0 Å². The summed E-state index contributed by atoms with van der Waals surface area (Å²) >= 11 is 0. The highest BCUT2D eigenvalue weighted by Crippen LogP contribution is 2.25. The molecule has 0 aliphatic heterocycles. The van der Waals surface area contributed by atoms with Gasteiger partial charge in [-0.15, -0.1) is 0 Å². The van der Waals surface area contributed by atoms with Crippen LogP contribution in [0.3, 0.4) is 0 Å². The molecular weight excluding hydrogens is 307 g/mol. The molecule has 5 nitrogen and oxygen atoms in total. The monoisotopic (exact) mass is 328 g/mol. The number of hydrogen-bond acceptors (Lipinski definition) is 5. The van der Waals surface area contributed by atoms with Crippen molar-refractivity contribution < 1.29 is 8.81 Å². The Bertz CT molecular complexity index is 787. The van der Waals surface area contributed by atoms with Gasteiger partial charge in [-0.25, -0.2) is 14.4 Å². The molecule has 0 radical (unpaired) electrons. The first-order valence-electron chi connectivity index (χ1n) is 8.15. The van der Waals surface area contributed by atoms with Crippen molar-refractivity contribution >= 4 is 16.7 Å². The Hall–Kier alpha value is -2.47. The first-order chi connectivity index (χ1) is 11.7. The molecule has 1 unspecified atom stereocenters. The molecule has 0 aliphatic rings. The number of anilines is 1. The van der Waals surface area contributed by atoms with Gasteiger partial charge in [-0.05, 0) is 37.4 Å². The molecule has 126 valence electrons. The van der Waals surface area contributed by atoms with Crippen LogP contribution in [0.15, 0.2) is 47.3 Å². The number of fused-ring (bicyclic) bond motifs is 1. The molecule has 3 rings (SSSR count). The Morgan fingerprint density at radius 3 is 2.71 bits per heavy atom. The van der Waals surface area contributed by atoms with Gasteiger partial charge in [0.05, 0.1) is 12.3 Å². The van der Waals surface area contributed by atoms with Crippen molar-refractivity contribution in [1.29, 1.82) is 0 Å². The molecule has 0 saturated carbocycles. The second-order valence-electron chi connectivity index (χ2n) is 5.49. The number of para-hydroxylation sites is 1. The summed E-state index contributed by atoms with van der Waals surface area (Å²) in [6, 6.07) is 8.83. The van der Waals surface area contributed by atoms with Crippen molar-refractivity contribution in [2.24, 2.45) is 0 Å². The van der Waals surface area contributed by atoms with Crippen molar-refractivity contribution in [3.05, 3.63) is 54.5 Å². The fourth-order valence-corrected chi connectivity index (χ4v) is 2.94. The molecule has 0 fully saturated rings. The Morgan fingerprint density at radius 1 is 1.17 bits per heavy atom. The summed E-state index contributed by atoms with van der Waals surface area (Å²) in [5, 5.41) is 4.01. The zero-order valence-corrected chi connectivity index (χ0v) is 13.9. The molecule has 1 atom stereocenters. The second-order valence-corrected chi connectivity index (χ2v) is 5.49. The summed E-state index contributed by atoms with van der Waals surface area (Å²) in [5.41, 5.74) is 0.326. The molecule has 0 bridgehead atoms. The van der Waals surface area contributed by atoms with Gasteiger partial charge in [-0.1, -0.05) is 19.9 Å². The quantitative estimate of drug-likeness (QED) is 0.714. The number of rotatable bonds is 7. The number of nitrogens with one attached hydrogen (secondary N) is 1. The number of halogens is 1. The zero-order valence-electron chi connectivity index (χ0n) is 13.9. The SMILES string of the molecule is CCN(CC)C(CNc1ncnc2c(F)cccc12)c1ccco1. The van der Waals surface area contributed by atoms with E-state index in [4.69, 9.17) is 4.42 Å². The number of furan rings is 1. The van der Waals surface area contributed by atoms with Crippen LogP contribution in [-0.2, 0) is 0 Å². The number of nitrogens with zero attached hydrogens (tertiary/aromatic N) is 3. The van der Waals surface area contributed by atoms with E-state index in [1.165, 1.54) is 12.4 Å². The minimum atomic E-state index is -0.343. The largest absolute Gasteiger partial charge is 0.468 e. The summed E-state index contributed by atoms with van der Waals surface area (Å²) in [7, 11) is 0. The summed E-state index contributed by atoms with van der Waals surface area (Å²) in [4.78, 5) is 10.6. The molecule has 0 aliphatic carbocycles. The van der Waals surface area contributed by atoms with Gasteiger partial charge in [0.2, 0.25) is 0 Å². The summed E-state index contributed by atoms with van der Waals surface area (Å²) in [5.74, 6) is 1.18. The summed E-state index contributed by atoms with van der Waals surface area (Å²) in [6.07, 6.45) is 3.06. The van der Waals surface area contributed by atoms with E-state index in [0.717, 1.165) is 18.8 Å². The molecule has 6 heteroatoms. The number of hydrogen-bond donors (Lipinski definition) is 1. The van der Waals surface area contributed by atoms with Crippen molar-refractivity contribution in [3.8, 4) is 0 Å². The van der Waals surface area contributed by atoms with Gasteiger partial charge in [0.25, 0.3) is 0 Å². The van der Waals surface area contributed by atoms with Gasteiger partial charge < -0.3 is 9.73 Å². The minimum absolute atomic E-state index is 0.0774. The van der Waals surface area contributed by atoms with E-state index in [-0.39, 0.29) is 11.9 Å². The molecule has 1 N–H and O–H groups in total. The highest BCUT2D eigenvalue weighted by Gasteiger charge is 2.21. The van der Waals surface area contributed by atoms with Gasteiger partial charge in [0.15, 0.2) is 0 Å². The van der Waals surface area contributed by atoms with Crippen LogP contribution >= 0.6 is 0 Å². The smallest absolute Gasteiger partial charge is 0.149 e. The van der Waals surface area contributed by atoms with Crippen LogP contribution in [-0.4, -0.2) is 34.5 Å². The highest BCUT2D eigenvalue weighted by molar-refractivity contribution is 5.89. The van der Waals surface area contributed by atoms with Crippen LogP contribution < -0.4 is 5.32 Å². The van der Waals surface area contributed by atoms with Gasteiger partial charge in [-0.3, -0.25) is 4.90 Å². The molecule has 2 aromatic heterocycles. The first kappa shape index (κ1) is 16.4. The molecule has 0 saturated heterocycles. The number of benzene rings is 1. The lowest BCUT2D eigenvalue weighted by molar-refractivity contribution is 0.202. The lowest BCUT2D eigenvalue weighted by atomic mass is 10.1.